The SMILES string of the molecule is CNC(=O)CCCNC(C(=O)O)C(C)C. The van der Waals surface area contributed by atoms with Gasteiger partial charge in [0.15, 0.2) is 0 Å². The molecule has 1 atom stereocenters. The lowest BCUT2D eigenvalue weighted by Gasteiger charge is -2.17. The van der Waals surface area contributed by atoms with E-state index in [4.69, 9.17) is 5.11 Å². The molecule has 15 heavy (non-hydrogen) atoms. The van der Waals surface area contributed by atoms with Crippen molar-refractivity contribution in [2.75, 3.05) is 13.6 Å². The molecule has 0 aliphatic carbocycles. The molecule has 0 saturated carbocycles. The molecule has 0 aliphatic heterocycles. The van der Waals surface area contributed by atoms with E-state index in [0.717, 1.165) is 0 Å². The molecule has 5 heteroatoms. The fourth-order valence-electron chi connectivity index (χ4n) is 1.24. The van der Waals surface area contributed by atoms with Crippen molar-refractivity contribution in [1.82, 2.24) is 10.6 Å². The maximum Gasteiger partial charge on any atom is 0.320 e. The molecule has 1 amide bonds. The molecule has 0 aromatic rings. The number of nitrogens with one attached hydrogen (secondary N) is 2. The molecule has 0 rings (SSSR count). The molecule has 0 fully saturated rings. The highest BCUT2D eigenvalue weighted by molar-refractivity contribution is 5.75. The lowest BCUT2D eigenvalue weighted by Crippen LogP contribution is -2.41. The maximum absolute atomic E-state index is 10.9. The smallest absolute Gasteiger partial charge is 0.320 e. The van der Waals surface area contributed by atoms with E-state index in [1.807, 2.05) is 13.8 Å². The Bertz CT molecular complexity index is 217. The largest absolute Gasteiger partial charge is 0.480 e. The number of carbonyl (C=O) groups is 2. The van der Waals surface area contributed by atoms with Gasteiger partial charge in [-0.3, -0.25) is 9.59 Å². The average Bonchev–Trinajstić information content (AvgIpc) is 2.15. The van der Waals surface area contributed by atoms with Crippen molar-refractivity contribution in [3.8, 4) is 0 Å². The first-order chi connectivity index (χ1) is 6.99. The van der Waals surface area contributed by atoms with Crippen LogP contribution >= 0.6 is 0 Å². The molecule has 88 valence electrons. The van der Waals surface area contributed by atoms with E-state index < -0.39 is 12.0 Å². The van der Waals surface area contributed by atoms with E-state index in [-0.39, 0.29) is 11.8 Å². The summed E-state index contributed by atoms with van der Waals surface area (Å²) in [6.45, 7) is 4.25. The second-order valence-electron chi connectivity index (χ2n) is 3.79. The Kier molecular flexibility index (Phi) is 6.70. The summed E-state index contributed by atoms with van der Waals surface area (Å²) < 4.78 is 0. The van der Waals surface area contributed by atoms with Crippen LogP contribution in [0.5, 0.6) is 0 Å². The zero-order chi connectivity index (χ0) is 11.8. The molecule has 1 unspecified atom stereocenters. The molecule has 0 saturated heterocycles. The first-order valence-corrected chi connectivity index (χ1v) is 5.15. The monoisotopic (exact) mass is 216 g/mol. The van der Waals surface area contributed by atoms with Crippen molar-refractivity contribution in [2.24, 2.45) is 5.92 Å². The Labute approximate surface area is 90.2 Å². The first kappa shape index (κ1) is 13.9. The Balaban J connectivity index is 3.72. The van der Waals surface area contributed by atoms with E-state index >= 15 is 0 Å². The van der Waals surface area contributed by atoms with Gasteiger partial charge in [0.05, 0.1) is 0 Å². The highest BCUT2D eigenvalue weighted by atomic mass is 16.4. The minimum absolute atomic E-state index is 0.0202. The second-order valence-corrected chi connectivity index (χ2v) is 3.79. The lowest BCUT2D eigenvalue weighted by molar-refractivity contribution is -0.140. The van der Waals surface area contributed by atoms with Gasteiger partial charge in [0.1, 0.15) is 6.04 Å². The highest BCUT2D eigenvalue weighted by Gasteiger charge is 2.19. The number of carbonyl (C=O) groups excluding carboxylic acids is 1. The number of amides is 1. The van der Waals surface area contributed by atoms with Crippen LogP contribution in [0.15, 0.2) is 0 Å². The Morgan fingerprint density at radius 1 is 1.33 bits per heavy atom. The van der Waals surface area contributed by atoms with Crippen molar-refractivity contribution in [2.45, 2.75) is 32.7 Å². The van der Waals surface area contributed by atoms with Gasteiger partial charge >= 0.3 is 5.97 Å². The van der Waals surface area contributed by atoms with Crippen molar-refractivity contribution in [3.63, 3.8) is 0 Å². The van der Waals surface area contributed by atoms with Crippen molar-refractivity contribution < 1.29 is 14.7 Å². The molecule has 0 aromatic heterocycles. The summed E-state index contributed by atoms with van der Waals surface area (Å²) in [5, 5.41) is 14.3. The zero-order valence-electron chi connectivity index (χ0n) is 9.54. The van der Waals surface area contributed by atoms with Crippen molar-refractivity contribution >= 4 is 11.9 Å². The number of rotatable bonds is 7. The minimum atomic E-state index is -0.843. The summed E-state index contributed by atoms with van der Waals surface area (Å²) in [5.41, 5.74) is 0. The van der Waals surface area contributed by atoms with Crippen LogP contribution in [0.1, 0.15) is 26.7 Å². The van der Waals surface area contributed by atoms with Gasteiger partial charge in [-0.25, -0.2) is 0 Å². The summed E-state index contributed by atoms with van der Waals surface area (Å²) in [6.07, 6.45) is 1.07. The summed E-state index contributed by atoms with van der Waals surface area (Å²) in [6, 6.07) is -0.533. The predicted molar refractivity (Wildman–Crippen MR) is 57.6 cm³/mol. The topological polar surface area (TPSA) is 78.4 Å². The van der Waals surface area contributed by atoms with Crippen LogP contribution in [0.25, 0.3) is 0 Å². The number of carboxylic acid groups (broad SMARTS) is 1. The minimum Gasteiger partial charge on any atom is -0.480 e. The van der Waals surface area contributed by atoms with Gasteiger partial charge in [-0.2, -0.15) is 0 Å². The number of hydrogen-bond acceptors (Lipinski definition) is 3. The normalized spacial score (nSPS) is 12.5. The number of carboxylic acids is 1. The molecule has 0 aromatic carbocycles. The van der Waals surface area contributed by atoms with E-state index in [1.165, 1.54) is 0 Å². The summed E-state index contributed by atoms with van der Waals surface area (Å²) in [5.74, 6) is -0.819. The fraction of sp³-hybridized carbons (Fsp3) is 0.800. The van der Waals surface area contributed by atoms with E-state index in [0.29, 0.717) is 19.4 Å². The van der Waals surface area contributed by atoms with Gasteiger partial charge in [-0.05, 0) is 18.9 Å². The molecule has 0 aliphatic rings. The van der Waals surface area contributed by atoms with Gasteiger partial charge in [-0.15, -0.1) is 0 Å². The molecule has 0 heterocycles. The third kappa shape index (κ3) is 6.06. The molecule has 0 radical (unpaired) electrons. The third-order valence-electron chi connectivity index (χ3n) is 2.16. The van der Waals surface area contributed by atoms with Gasteiger partial charge in [0.2, 0.25) is 5.91 Å². The zero-order valence-corrected chi connectivity index (χ0v) is 9.54. The van der Waals surface area contributed by atoms with Crippen LogP contribution in [-0.4, -0.2) is 36.6 Å². The van der Waals surface area contributed by atoms with E-state index in [1.54, 1.807) is 7.05 Å². The first-order valence-electron chi connectivity index (χ1n) is 5.15. The Hall–Kier alpha value is -1.10. The van der Waals surface area contributed by atoms with Crippen LogP contribution in [0.3, 0.4) is 0 Å². The van der Waals surface area contributed by atoms with E-state index in [9.17, 15) is 9.59 Å². The standard InChI is InChI=1S/C10H20N2O3/c1-7(2)9(10(14)15)12-6-4-5-8(13)11-3/h7,9,12H,4-6H2,1-3H3,(H,11,13)(H,14,15). The number of hydrogen-bond donors (Lipinski definition) is 3. The molecule has 5 nitrogen and oxygen atoms in total. The maximum atomic E-state index is 10.9. The molecular formula is C10H20N2O3. The molecular weight excluding hydrogens is 196 g/mol. The Morgan fingerprint density at radius 3 is 2.33 bits per heavy atom. The van der Waals surface area contributed by atoms with Gasteiger partial charge in [-0.1, -0.05) is 13.8 Å². The van der Waals surface area contributed by atoms with Crippen LogP contribution in [0.2, 0.25) is 0 Å². The van der Waals surface area contributed by atoms with Gasteiger partial charge < -0.3 is 15.7 Å². The average molecular weight is 216 g/mol. The third-order valence-corrected chi connectivity index (χ3v) is 2.16. The van der Waals surface area contributed by atoms with Crippen LogP contribution < -0.4 is 10.6 Å². The van der Waals surface area contributed by atoms with Crippen molar-refractivity contribution in [3.05, 3.63) is 0 Å². The van der Waals surface area contributed by atoms with Gasteiger partial charge in [0.25, 0.3) is 0 Å². The summed E-state index contributed by atoms with van der Waals surface area (Å²) >= 11 is 0. The van der Waals surface area contributed by atoms with Crippen LogP contribution in [0.4, 0.5) is 0 Å². The van der Waals surface area contributed by atoms with E-state index in [2.05, 4.69) is 10.6 Å². The van der Waals surface area contributed by atoms with Crippen LogP contribution in [0, 0.1) is 5.92 Å². The predicted octanol–water partition coefficient (Wildman–Crippen LogP) is 0.211. The number of aliphatic carboxylic acids is 1. The molecule has 0 bridgehead atoms. The molecule has 0 spiro atoms. The molecule has 3 N–H and O–H groups in total. The fourth-order valence-corrected chi connectivity index (χ4v) is 1.24. The summed E-state index contributed by atoms with van der Waals surface area (Å²) in [4.78, 5) is 21.7. The van der Waals surface area contributed by atoms with Crippen molar-refractivity contribution in [1.29, 1.82) is 0 Å². The highest BCUT2D eigenvalue weighted by Crippen LogP contribution is 2.01. The van der Waals surface area contributed by atoms with Crippen LogP contribution in [-0.2, 0) is 9.59 Å². The summed E-state index contributed by atoms with van der Waals surface area (Å²) in [7, 11) is 1.59. The quantitative estimate of drug-likeness (QED) is 0.532. The second kappa shape index (κ2) is 7.23. The Morgan fingerprint density at radius 2 is 1.93 bits per heavy atom. The van der Waals surface area contributed by atoms with Gasteiger partial charge in [0, 0.05) is 13.5 Å². The lowest BCUT2D eigenvalue weighted by atomic mass is 10.0.